The number of benzene rings is 4. The van der Waals surface area contributed by atoms with Crippen LogP contribution in [0.5, 0.6) is 0 Å². The SMILES string of the molecule is COC(=O)C[C@H]1CCN([C@@H](C)c2ccccc2)C1.C[C@@H](c1ccccc1)N1CC[C@H](CC=N)C1.C[C@@H](c1ccccc1)N1CC[C@H](CCl)C1.C[C@@H](c1ccccc1)[N+]12CC[C@H](CC(=O)C1)C2.Cl.Cl.Cl.NC1C[C@H]2CC[NH+](C1)C2.O=C1C[C@H]2CC[NH+](C1)C2.[Cl-]. The zero-order chi connectivity index (χ0) is 59.4. The third-order valence-corrected chi connectivity index (χ3v) is 21.1. The third-order valence-electron chi connectivity index (χ3n) is 20.6. The predicted octanol–water partition coefficient (Wildman–Crippen LogP) is 7.36. The molecule has 6 bridgehead atoms. The molecule has 0 saturated carbocycles. The summed E-state index contributed by atoms with van der Waals surface area (Å²) in [5, 5.41) is 7.16. The Bertz CT molecular complexity index is 2600. The van der Waals surface area contributed by atoms with E-state index in [2.05, 4.69) is 158 Å². The van der Waals surface area contributed by atoms with Crippen molar-refractivity contribution >= 4 is 72.6 Å². The smallest absolute Gasteiger partial charge is 0.305 e. The average Bonchev–Trinajstić information content (AvgIpc) is 1.81. The highest BCUT2D eigenvalue weighted by Crippen LogP contribution is 2.40. The van der Waals surface area contributed by atoms with Crippen LogP contribution in [0.3, 0.4) is 0 Å². The second-order valence-corrected chi connectivity index (χ2v) is 27.0. The largest absolute Gasteiger partial charge is 1.00 e. The van der Waals surface area contributed by atoms with Crippen LogP contribution >= 0.6 is 48.8 Å². The second kappa shape index (κ2) is 39.2. The quantitative estimate of drug-likeness (QED) is 0.0474. The number of methoxy groups -OCH3 is 1. The molecule has 14 atom stereocenters. The van der Waals surface area contributed by atoms with E-state index in [4.69, 9.17) is 27.5 Å². The zero-order valence-electron chi connectivity index (χ0n) is 53.5. The molecule has 4 aromatic rings. The summed E-state index contributed by atoms with van der Waals surface area (Å²) >= 11 is 5.90. The summed E-state index contributed by atoms with van der Waals surface area (Å²) < 4.78 is 5.74. The van der Waals surface area contributed by atoms with Gasteiger partial charge < -0.3 is 42.6 Å². The van der Waals surface area contributed by atoms with Crippen molar-refractivity contribution < 1.29 is 45.8 Å². The average molecular weight is 1320 g/mol. The molecule has 5 N–H and O–H groups in total. The Balaban J connectivity index is 0.000000227. The number of carbonyl (C=O) groups excluding carboxylic acids is 3. The van der Waals surface area contributed by atoms with E-state index in [0.29, 0.717) is 71.9 Å². The molecule has 17 heteroatoms. The minimum absolute atomic E-state index is 0. The lowest BCUT2D eigenvalue weighted by molar-refractivity contribution is -0.940. The third kappa shape index (κ3) is 23.0. The maximum Gasteiger partial charge on any atom is 0.305 e. The summed E-state index contributed by atoms with van der Waals surface area (Å²) in [6.45, 7) is 26.3. The molecule has 9 aliphatic rings. The fourth-order valence-electron chi connectivity index (χ4n) is 15.5. The van der Waals surface area contributed by atoms with Gasteiger partial charge >= 0.3 is 5.97 Å². The van der Waals surface area contributed by atoms with Gasteiger partial charge in [-0.3, -0.25) is 29.1 Å². The molecule has 13 rings (SSSR count). The van der Waals surface area contributed by atoms with E-state index in [0.717, 1.165) is 87.2 Å². The zero-order valence-corrected chi connectivity index (χ0v) is 57.5. The Morgan fingerprint density at radius 1 is 0.625 bits per heavy atom. The molecule has 0 amide bonds. The van der Waals surface area contributed by atoms with Crippen molar-refractivity contribution in [1.82, 2.24) is 14.7 Å². The monoisotopic (exact) mass is 1310 g/mol. The van der Waals surface area contributed by atoms with Crippen molar-refractivity contribution in [3.05, 3.63) is 144 Å². The van der Waals surface area contributed by atoms with Gasteiger partial charge in [0.05, 0.1) is 59.0 Å². The van der Waals surface area contributed by atoms with Crippen LogP contribution in [-0.4, -0.2) is 160 Å². The molecule has 0 aliphatic carbocycles. The molecular formula is C71H109Cl5N8O4+2. The van der Waals surface area contributed by atoms with Crippen LogP contribution < -0.4 is 27.9 Å². The number of ketones is 2. The summed E-state index contributed by atoms with van der Waals surface area (Å²) in [7, 11) is 1.46. The number of piperidine rings is 3. The molecule has 4 aromatic carbocycles. The van der Waals surface area contributed by atoms with Crippen molar-refractivity contribution in [1.29, 1.82) is 5.41 Å². The van der Waals surface area contributed by atoms with Gasteiger partial charge in [-0.2, -0.15) is 0 Å². The Morgan fingerprint density at radius 3 is 1.57 bits per heavy atom. The Morgan fingerprint density at radius 2 is 1.08 bits per heavy atom. The van der Waals surface area contributed by atoms with Crippen LogP contribution in [0.4, 0.5) is 0 Å². The number of Topliss-reactive ketones (excluding diaryl/α,β-unsaturated/α-hetero) is 2. The Hall–Kier alpha value is -3.47. The number of carbonyl (C=O) groups is 3. The maximum absolute atomic E-state index is 11.8. The first kappa shape index (κ1) is 77.0. The number of ether oxygens (including phenoxy) is 1. The van der Waals surface area contributed by atoms with E-state index in [1.807, 2.05) is 6.07 Å². The maximum atomic E-state index is 11.8. The molecule has 9 fully saturated rings. The summed E-state index contributed by atoms with van der Waals surface area (Å²) in [4.78, 5) is 44.8. The molecule has 88 heavy (non-hydrogen) atoms. The van der Waals surface area contributed by atoms with Gasteiger partial charge in [0.1, 0.15) is 19.1 Å². The highest BCUT2D eigenvalue weighted by molar-refractivity contribution is 6.18. The van der Waals surface area contributed by atoms with Gasteiger partial charge in [-0.15, -0.1) is 48.8 Å². The van der Waals surface area contributed by atoms with Crippen molar-refractivity contribution in [2.24, 2.45) is 41.2 Å². The van der Waals surface area contributed by atoms with Crippen LogP contribution in [0.1, 0.15) is 145 Å². The summed E-state index contributed by atoms with van der Waals surface area (Å²) in [5.41, 5.74) is 11.4. The minimum atomic E-state index is -0.0887. The molecule has 0 radical (unpaired) electrons. The Kier molecular flexibility index (Phi) is 34.3. The van der Waals surface area contributed by atoms with Gasteiger partial charge in [-0.05, 0) is 120 Å². The highest BCUT2D eigenvalue weighted by atomic mass is 35.5. The summed E-state index contributed by atoms with van der Waals surface area (Å²) in [5.74, 6) is 5.89. The molecule has 0 aromatic heterocycles. The number of hydrogen-bond acceptors (Lipinski definition) is 9. The summed E-state index contributed by atoms with van der Waals surface area (Å²) in [6, 6.07) is 45.0. The second-order valence-electron chi connectivity index (χ2n) is 26.7. The summed E-state index contributed by atoms with van der Waals surface area (Å²) in [6.07, 6.45) is 13.6. The van der Waals surface area contributed by atoms with E-state index < -0.39 is 0 Å². The lowest BCUT2D eigenvalue weighted by atomic mass is 9.96. The van der Waals surface area contributed by atoms with Crippen LogP contribution in [0.2, 0.25) is 0 Å². The van der Waals surface area contributed by atoms with Gasteiger partial charge in [0.25, 0.3) is 0 Å². The topological polar surface area (TPSA) is 129 Å². The lowest BCUT2D eigenvalue weighted by Crippen LogP contribution is -3.12. The fourth-order valence-corrected chi connectivity index (χ4v) is 15.7. The number of nitrogens with one attached hydrogen (secondary N) is 3. The van der Waals surface area contributed by atoms with Crippen LogP contribution in [0, 0.1) is 40.9 Å². The molecule has 9 saturated heterocycles. The van der Waals surface area contributed by atoms with Crippen LogP contribution in [-0.2, 0) is 19.1 Å². The molecule has 12 nitrogen and oxygen atoms in total. The molecule has 9 aliphatic heterocycles. The van der Waals surface area contributed by atoms with E-state index >= 15 is 0 Å². The predicted molar refractivity (Wildman–Crippen MR) is 363 cm³/mol. The van der Waals surface area contributed by atoms with Crippen molar-refractivity contribution in [3.8, 4) is 0 Å². The number of hydrogen-bond donors (Lipinski definition) is 4. The highest BCUT2D eigenvalue weighted by Gasteiger charge is 2.48. The number of likely N-dealkylation sites (tertiary alicyclic amines) is 3. The van der Waals surface area contributed by atoms with Gasteiger partial charge in [-0.1, -0.05) is 121 Å². The number of esters is 1. The normalized spacial score (nSPS) is 28.6. The van der Waals surface area contributed by atoms with Crippen molar-refractivity contribution in [3.63, 3.8) is 0 Å². The van der Waals surface area contributed by atoms with Crippen molar-refractivity contribution in [2.75, 3.05) is 111 Å². The molecule has 0 spiro atoms. The number of halogens is 5. The van der Waals surface area contributed by atoms with E-state index in [1.54, 1.807) is 11.1 Å². The fraction of sp³-hybridized carbons (Fsp3) is 0.606. The first-order valence-corrected chi connectivity index (χ1v) is 33.1. The van der Waals surface area contributed by atoms with Crippen LogP contribution in [0.15, 0.2) is 121 Å². The molecule has 490 valence electrons. The number of quaternary nitrogens is 3. The number of nitrogens with zero attached hydrogens (tertiary/aromatic N) is 4. The molecular weight excluding hydrogens is 1210 g/mol. The van der Waals surface area contributed by atoms with E-state index in [9.17, 15) is 14.4 Å². The van der Waals surface area contributed by atoms with Crippen molar-refractivity contribution in [2.45, 2.75) is 129 Å². The van der Waals surface area contributed by atoms with E-state index in [-0.39, 0.29) is 55.6 Å². The van der Waals surface area contributed by atoms with E-state index in [1.165, 1.54) is 132 Å². The lowest BCUT2D eigenvalue weighted by Gasteiger charge is -2.42. The first-order chi connectivity index (χ1) is 40.7. The van der Waals surface area contributed by atoms with Crippen LogP contribution in [0.25, 0.3) is 0 Å². The van der Waals surface area contributed by atoms with Gasteiger partial charge in [0.2, 0.25) is 0 Å². The van der Waals surface area contributed by atoms with Gasteiger partial charge in [0.15, 0.2) is 11.6 Å². The molecule has 9 heterocycles. The minimum Gasteiger partial charge on any atom is -1.00 e. The number of nitrogens with two attached hydrogens (primary N) is 1. The number of alkyl halides is 1. The van der Waals surface area contributed by atoms with Gasteiger partial charge in [-0.25, -0.2) is 0 Å². The Labute approximate surface area is 559 Å². The van der Waals surface area contributed by atoms with Gasteiger partial charge in [0, 0.05) is 105 Å². The molecule has 4 unspecified atom stereocenters. The standard InChI is InChI=1S/C15H21NO2.C15H20NO.C14H20N2.C13H18ClN.C7H14N2.C7H11NO.4ClH/c1-12(14-6-4-3-5-7-14)16-9-8-13(11-16)10-15(17)18-2;1-12(14-5-3-2-4-6-14)16-8-7-13(10-16)9-15(17)11-16;1-12(14-5-3-2-4-6-14)16-10-8-13(11-16)7-9-15;1-11(13-5-3-2-4-6-13)15-8-7-12(9-14)10-15;8-7-3-6-1-2-9(4-6)5-7;9-7-3-6-1-2-8(4-6)5-7;;;;/h3-7,12-13H,8-11H2,1-2H3;2-6,12-13H,7-11H2,1H3;2-6,9,12-13,15H,7-8,10-11H2,1H3;2-6,11-12H,7-10H2,1H3;6-7H,1-5,8H2;6H,1-5H2;4*1H/q;+1;;;;;;;;/p+1/t12-,13+;12-,13+,16?;12-,13-;11-,12+;6-,7?;6-;;;;/m000011..../s1. The first-order valence-electron chi connectivity index (χ1n) is 32.6. The number of fused-ring (bicyclic) bond motifs is 6. The number of rotatable bonds is 13.